The zero-order chi connectivity index (χ0) is 15.5. The van der Waals surface area contributed by atoms with E-state index in [1.54, 1.807) is 14.0 Å². The van der Waals surface area contributed by atoms with Gasteiger partial charge in [0, 0.05) is 13.6 Å². The van der Waals surface area contributed by atoms with E-state index < -0.39 is 16.0 Å². The van der Waals surface area contributed by atoms with E-state index >= 15 is 0 Å². The van der Waals surface area contributed by atoms with E-state index in [1.807, 2.05) is 6.92 Å². The Morgan fingerprint density at radius 2 is 2.10 bits per heavy atom. The summed E-state index contributed by atoms with van der Waals surface area (Å²) < 4.78 is 32.2. The van der Waals surface area contributed by atoms with Gasteiger partial charge >= 0.3 is 5.97 Å². The lowest BCUT2D eigenvalue weighted by Crippen LogP contribution is -2.37. The Balaban J connectivity index is 3.26. The molecule has 0 saturated heterocycles. The summed E-state index contributed by atoms with van der Waals surface area (Å²) >= 11 is 0. The van der Waals surface area contributed by atoms with Gasteiger partial charge < -0.3 is 10.5 Å². The quantitative estimate of drug-likeness (QED) is 0.734. The van der Waals surface area contributed by atoms with Crippen molar-refractivity contribution in [3.8, 4) is 0 Å². The van der Waals surface area contributed by atoms with Gasteiger partial charge in [0.15, 0.2) is 5.82 Å². The summed E-state index contributed by atoms with van der Waals surface area (Å²) in [6.45, 7) is 3.28. The van der Waals surface area contributed by atoms with Gasteiger partial charge in [-0.1, -0.05) is 6.92 Å². The molecule has 0 unspecified atom stereocenters. The molecule has 0 aliphatic carbocycles. The zero-order valence-corrected chi connectivity index (χ0v) is 12.9. The molecule has 1 aromatic rings. The molecule has 1 aromatic heterocycles. The number of sulfonamides is 1. The predicted molar refractivity (Wildman–Crippen MR) is 73.4 cm³/mol. The molecule has 1 rings (SSSR count). The molecule has 0 aliphatic heterocycles. The second-order valence-corrected chi connectivity index (χ2v) is 6.21. The number of aryl methyl sites for hydroxylation is 1. The lowest BCUT2D eigenvalue weighted by molar-refractivity contribution is -0.140. The highest BCUT2D eigenvalue weighted by Crippen LogP contribution is 2.25. The molecule has 0 fully saturated rings. The van der Waals surface area contributed by atoms with Crippen LogP contribution in [0.5, 0.6) is 0 Å². The zero-order valence-electron chi connectivity index (χ0n) is 12.1. The summed E-state index contributed by atoms with van der Waals surface area (Å²) in [6, 6.07) is 0. The number of carbonyl (C=O) groups is 1. The number of anilines is 1. The van der Waals surface area contributed by atoms with Crippen LogP contribution in [0.1, 0.15) is 19.0 Å². The van der Waals surface area contributed by atoms with Gasteiger partial charge in [0.05, 0.1) is 12.8 Å². The fourth-order valence-electron chi connectivity index (χ4n) is 1.80. The third kappa shape index (κ3) is 3.10. The summed E-state index contributed by atoms with van der Waals surface area (Å²) in [7, 11) is -1.07. The minimum Gasteiger partial charge on any atom is -0.468 e. The van der Waals surface area contributed by atoms with Crippen molar-refractivity contribution in [3.63, 3.8) is 0 Å². The van der Waals surface area contributed by atoms with E-state index in [9.17, 15) is 13.2 Å². The van der Waals surface area contributed by atoms with Gasteiger partial charge in [-0.2, -0.15) is 9.40 Å². The van der Waals surface area contributed by atoms with E-state index in [0.29, 0.717) is 12.1 Å². The Bertz CT molecular complexity index is 594. The number of rotatable bonds is 6. The standard InChI is InChI=1S/C11H20N4O4S/c1-5-6-15(7-9(16)19-4)20(17,18)10-8(2)14(3)13-11(10)12/h5-7H2,1-4H3,(H2,12,13). The van der Waals surface area contributed by atoms with E-state index in [2.05, 4.69) is 9.84 Å². The first kappa shape index (κ1) is 16.4. The smallest absolute Gasteiger partial charge is 0.321 e. The number of methoxy groups -OCH3 is 1. The largest absolute Gasteiger partial charge is 0.468 e. The van der Waals surface area contributed by atoms with Crippen LogP contribution in [0.25, 0.3) is 0 Å². The monoisotopic (exact) mass is 304 g/mol. The number of nitrogen functional groups attached to an aromatic ring is 1. The Hall–Kier alpha value is -1.61. The van der Waals surface area contributed by atoms with Crippen molar-refractivity contribution < 1.29 is 17.9 Å². The Labute approximate surface area is 118 Å². The Morgan fingerprint density at radius 3 is 2.50 bits per heavy atom. The maximum Gasteiger partial charge on any atom is 0.321 e. The second-order valence-electron chi connectivity index (χ2n) is 4.34. The van der Waals surface area contributed by atoms with Crippen molar-refractivity contribution >= 4 is 21.8 Å². The fraction of sp³-hybridized carbons (Fsp3) is 0.636. The second kappa shape index (κ2) is 6.23. The third-order valence-corrected chi connectivity index (χ3v) is 4.92. The molecular formula is C11H20N4O4S. The molecule has 0 amide bonds. The molecule has 0 atom stereocenters. The number of hydrogen-bond donors (Lipinski definition) is 1. The van der Waals surface area contributed by atoms with Gasteiger partial charge in [-0.3, -0.25) is 9.48 Å². The first-order chi connectivity index (χ1) is 9.25. The van der Waals surface area contributed by atoms with Crippen molar-refractivity contribution in [1.29, 1.82) is 0 Å². The molecule has 2 N–H and O–H groups in total. The summed E-state index contributed by atoms with van der Waals surface area (Å²) in [5, 5.41) is 3.89. The number of ether oxygens (including phenoxy) is 1. The van der Waals surface area contributed by atoms with E-state index in [-0.39, 0.29) is 23.8 Å². The number of nitrogens with zero attached hydrogens (tertiary/aromatic N) is 3. The van der Waals surface area contributed by atoms with Crippen LogP contribution in [0.15, 0.2) is 4.90 Å². The average Bonchev–Trinajstić information content (AvgIpc) is 2.62. The summed E-state index contributed by atoms with van der Waals surface area (Å²) in [4.78, 5) is 11.3. The van der Waals surface area contributed by atoms with Crippen molar-refractivity contribution in [1.82, 2.24) is 14.1 Å². The number of esters is 1. The minimum atomic E-state index is -3.88. The highest BCUT2D eigenvalue weighted by atomic mass is 32.2. The highest BCUT2D eigenvalue weighted by Gasteiger charge is 2.32. The van der Waals surface area contributed by atoms with E-state index in [1.165, 1.54) is 11.8 Å². The highest BCUT2D eigenvalue weighted by molar-refractivity contribution is 7.89. The maximum atomic E-state index is 12.6. The van der Waals surface area contributed by atoms with Crippen LogP contribution in [-0.2, 0) is 26.6 Å². The molecule has 0 spiro atoms. The number of nitrogens with two attached hydrogens (primary N) is 1. The summed E-state index contributed by atoms with van der Waals surface area (Å²) in [5.41, 5.74) is 6.10. The van der Waals surface area contributed by atoms with Crippen LogP contribution in [0.4, 0.5) is 5.82 Å². The molecule has 0 radical (unpaired) electrons. The summed E-state index contributed by atoms with van der Waals surface area (Å²) in [5.74, 6) is -0.696. The fourth-order valence-corrected chi connectivity index (χ4v) is 3.57. The molecule has 8 nitrogen and oxygen atoms in total. The van der Waals surface area contributed by atoms with Crippen molar-refractivity contribution in [2.45, 2.75) is 25.2 Å². The molecule has 0 aromatic carbocycles. The lowest BCUT2D eigenvalue weighted by atomic mass is 10.4. The number of hydrogen-bond acceptors (Lipinski definition) is 6. The lowest BCUT2D eigenvalue weighted by Gasteiger charge is -2.20. The molecule has 9 heteroatoms. The molecule has 1 heterocycles. The van der Waals surface area contributed by atoms with Gasteiger partial charge in [-0.15, -0.1) is 0 Å². The predicted octanol–water partition coefficient (Wildman–Crippen LogP) is -0.116. The van der Waals surface area contributed by atoms with E-state index in [4.69, 9.17) is 5.73 Å². The molecule has 20 heavy (non-hydrogen) atoms. The van der Waals surface area contributed by atoms with Crippen LogP contribution >= 0.6 is 0 Å². The summed E-state index contributed by atoms with van der Waals surface area (Å²) in [6.07, 6.45) is 0.565. The van der Waals surface area contributed by atoms with Gasteiger partial charge in [0.2, 0.25) is 10.0 Å². The molecule has 0 saturated carbocycles. The van der Waals surface area contributed by atoms with Gasteiger partial charge in [-0.25, -0.2) is 8.42 Å². The average molecular weight is 304 g/mol. The normalized spacial score (nSPS) is 11.8. The Kier molecular flexibility index (Phi) is 5.12. The molecular weight excluding hydrogens is 284 g/mol. The van der Waals surface area contributed by atoms with Gasteiger partial charge in [-0.05, 0) is 13.3 Å². The maximum absolute atomic E-state index is 12.6. The Morgan fingerprint density at radius 1 is 1.50 bits per heavy atom. The van der Waals surface area contributed by atoms with E-state index in [0.717, 1.165) is 4.31 Å². The first-order valence-electron chi connectivity index (χ1n) is 6.11. The minimum absolute atomic E-state index is 0.0580. The van der Waals surface area contributed by atoms with Gasteiger partial charge in [0.25, 0.3) is 0 Å². The molecule has 0 aliphatic rings. The molecule has 114 valence electrons. The van der Waals surface area contributed by atoms with Crippen LogP contribution < -0.4 is 5.73 Å². The topological polar surface area (TPSA) is 108 Å². The van der Waals surface area contributed by atoms with Crippen molar-refractivity contribution in [2.24, 2.45) is 7.05 Å². The molecule has 0 bridgehead atoms. The first-order valence-corrected chi connectivity index (χ1v) is 7.55. The third-order valence-electron chi connectivity index (χ3n) is 2.91. The van der Waals surface area contributed by atoms with Crippen LogP contribution in [-0.4, -0.2) is 48.7 Å². The number of aromatic nitrogens is 2. The van der Waals surface area contributed by atoms with Gasteiger partial charge in [0.1, 0.15) is 11.4 Å². The van der Waals surface area contributed by atoms with Crippen molar-refractivity contribution in [2.75, 3.05) is 25.9 Å². The van der Waals surface area contributed by atoms with Crippen LogP contribution in [0.2, 0.25) is 0 Å². The number of carbonyl (C=O) groups excluding carboxylic acids is 1. The van der Waals surface area contributed by atoms with Crippen molar-refractivity contribution in [3.05, 3.63) is 5.69 Å². The van der Waals surface area contributed by atoms with Crippen LogP contribution in [0, 0.1) is 6.92 Å². The van der Waals surface area contributed by atoms with Crippen LogP contribution in [0.3, 0.4) is 0 Å². The SMILES string of the molecule is CCCN(CC(=O)OC)S(=O)(=O)c1c(N)nn(C)c1C.